The van der Waals surface area contributed by atoms with Gasteiger partial charge in [0.25, 0.3) is 11.7 Å². The van der Waals surface area contributed by atoms with E-state index in [1.54, 1.807) is 31.4 Å². The van der Waals surface area contributed by atoms with Gasteiger partial charge in [0.05, 0.1) is 23.6 Å². The van der Waals surface area contributed by atoms with Crippen LogP contribution < -0.4 is 4.74 Å². The number of hydrogen-bond acceptors (Lipinski definition) is 7. The molecule has 1 amide bonds. The van der Waals surface area contributed by atoms with E-state index >= 15 is 0 Å². The van der Waals surface area contributed by atoms with Gasteiger partial charge in [0.1, 0.15) is 11.5 Å². The number of piperidine rings is 1. The molecule has 0 spiro atoms. The zero-order valence-electron chi connectivity index (χ0n) is 21.4. The molecule has 2 aliphatic rings. The van der Waals surface area contributed by atoms with Gasteiger partial charge in [-0.3, -0.25) is 9.59 Å². The SMILES string of the molecule is COc1ccc([C@H]2C(=C(O)c3ccc(S(=O)(=O)N(C)C)cc3)C(=O)C(=O)N2CCN2CCCCC2)cc1. The standard InChI is InChI=1S/C27H33N3O6S/c1-28(2)37(34,35)22-13-9-20(10-14-22)25(31)23-24(19-7-11-21(36-3)12-8-19)30(27(33)26(23)32)18-17-29-15-5-4-6-16-29/h7-14,24,31H,4-6,15-18H2,1-3H3/t24-/m0/s1. The second-order valence-electron chi connectivity index (χ2n) is 9.48. The smallest absolute Gasteiger partial charge is 0.295 e. The Morgan fingerprint density at radius 3 is 2.16 bits per heavy atom. The number of carbonyl (C=O) groups is 2. The van der Waals surface area contributed by atoms with Crippen LogP contribution in [0, 0.1) is 0 Å². The maximum atomic E-state index is 13.3. The molecule has 2 fully saturated rings. The summed E-state index contributed by atoms with van der Waals surface area (Å²) >= 11 is 0. The fourth-order valence-corrected chi connectivity index (χ4v) is 5.73. The molecule has 9 nitrogen and oxygen atoms in total. The molecule has 0 radical (unpaired) electrons. The molecule has 0 bridgehead atoms. The van der Waals surface area contributed by atoms with Crippen molar-refractivity contribution in [3.63, 3.8) is 0 Å². The maximum absolute atomic E-state index is 13.3. The van der Waals surface area contributed by atoms with E-state index in [1.807, 2.05) is 0 Å². The van der Waals surface area contributed by atoms with Crippen molar-refractivity contribution in [2.24, 2.45) is 0 Å². The fraction of sp³-hybridized carbons (Fsp3) is 0.407. The normalized spacial score (nSPS) is 20.5. The lowest BCUT2D eigenvalue weighted by atomic mass is 9.95. The molecule has 4 rings (SSSR count). The Hall–Kier alpha value is -3.21. The van der Waals surface area contributed by atoms with Crippen LogP contribution in [0.25, 0.3) is 5.76 Å². The number of ketones is 1. The van der Waals surface area contributed by atoms with E-state index in [4.69, 9.17) is 4.74 Å². The van der Waals surface area contributed by atoms with Gasteiger partial charge in [-0.25, -0.2) is 12.7 Å². The van der Waals surface area contributed by atoms with Crippen LogP contribution in [0.1, 0.15) is 36.4 Å². The summed E-state index contributed by atoms with van der Waals surface area (Å²) in [6, 6.07) is 11.9. The largest absolute Gasteiger partial charge is 0.507 e. The average molecular weight is 528 g/mol. The number of carbonyl (C=O) groups excluding carboxylic acids is 2. The Bertz CT molecular complexity index is 1280. The van der Waals surface area contributed by atoms with E-state index in [2.05, 4.69) is 4.90 Å². The third-order valence-corrected chi connectivity index (χ3v) is 8.81. The van der Waals surface area contributed by atoms with E-state index in [9.17, 15) is 23.1 Å². The molecule has 0 unspecified atom stereocenters. The highest BCUT2D eigenvalue weighted by Crippen LogP contribution is 2.40. The number of Topliss-reactive ketones (excluding diaryl/α,β-unsaturated/α-hetero) is 1. The van der Waals surface area contributed by atoms with E-state index in [0.717, 1.165) is 30.2 Å². The van der Waals surface area contributed by atoms with E-state index in [0.29, 0.717) is 24.4 Å². The van der Waals surface area contributed by atoms with Crippen molar-refractivity contribution in [2.75, 3.05) is 47.4 Å². The van der Waals surface area contributed by atoms with Crippen LogP contribution in [0.3, 0.4) is 0 Å². The predicted molar refractivity (Wildman–Crippen MR) is 140 cm³/mol. The first-order valence-corrected chi connectivity index (χ1v) is 13.8. The number of ether oxygens (including phenoxy) is 1. The molecule has 1 N–H and O–H groups in total. The molecule has 2 aromatic rings. The lowest BCUT2D eigenvalue weighted by Crippen LogP contribution is -2.39. The first-order chi connectivity index (χ1) is 17.6. The second kappa shape index (κ2) is 11.0. The highest BCUT2D eigenvalue weighted by Gasteiger charge is 2.46. The Kier molecular flexibility index (Phi) is 8.01. The molecular formula is C27H33N3O6S. The van der Waals surface area contributed by atoms with E-state index in [-0.39, 0.29) is 21.8 Å². The topological polar surface area (TPSA) is 107 Å². The second-order valence-corrected chi connectivity index (χ2v) is 11.6. The monoisotopic (exact) mass is 527 g/mol. The van der Waals surface area contributed by atoms with Crippen LogP contribution in [0.15, 0.2) is 59.0 Å². The van der Waals surface area contributed by atoms with Crippen LogP contribution in [-0.4, -0.2) is 86.7 Å². The summed E-state index contributed by atoms with van der Waals surface area (Å²) in [5.74, 6) is -1.13. The Balaban J connectivity index is 1.73. The number of likely N-dealkylation sites (tertiary alicyclic amines) is 2. The van der Waals surface area contributed by atoms with Crippen molar-refractivity contribution in [3.8, 4) is 5.75 Å². The molecule has 2 saturated heterocycles. The van der Waals surface area contributed by atoms with Crippen LogP contribution >= 0.6 is 0 Å². The molecule has 0 saturated carbocycles. The molecule has 198 valence electrons. The summed E-state index contributed by atoms with van der Waals surface area (Å²) in [5, 5.41) is 11.3. The van der Waals surface area contributed by atoms with Gasteiger partial charge in [0, 0.05) is 32.7 Å². The third-order valence-electron chi connectivity index (χ3n) is 6.98. The predicted octanol–water partition coefficient (Wildman–Crippen LogP) is 2.85. The molecular weight excluding hydrogens is 494 g/mol. The molecule has 10 heteroatoms. The number of aliphatic hydroxyl groups excluding tert-OH is 1. The summed E-state index contributed by atoms with van der Waals surface area (Å²) in [6.45, 7) is 2.90. The lowest BCUT2D eigenvalue weighted by Gasteiger charge is -2.31. The summed E-state index contributed by atoms with van der Waals surface area (Å²) < 4.78 is 31.2. The molecule has 1 atom stereocenters. The minimum Gasteiger partial charge on any atom is -0.507 e. The number of hydrogen-bond donors (Lipinski definition) is 1. The molecule has 37 heavy (non-hydrogen) atoms. The summed E-state index contributed by atoms with van der Waals surface area (Å²) in [4.78, 5) is 30.3. The zero-order valence-corrected chi connectivity index (χ0v) is 22.2. The minimum absolute atomic E-state index is 0.0166. The lowest BCUT2D eigenvalue weighted by molar-refractivity contribution is -0.140. The molecule has 2 heterocycles. The van der Waals surface area contributed by atoms with Gasteiger partial charge in [-0.05, 0) is 67.9 Å². The van der Waals surface area contributed by atoms with Crippen molar-refractivity contribution in [2.45, 2.75) is 30.2 Å². The van der Waals surface area contributed by atoms with Gasteiger partial charge in [0.15, 0.2) is 0 Å². The van der Waals surface area contributed by atoms with Crippen LogP contribution in [0.5, 0.6) is 5.75 Å². The average Bonchev–Trinajstić information content (AvgIpc) is 3.17. The van der Waals surface area contributed by atoms with Gasteiger partial charge >= 0.3 is 0 Å². The van der Waals surface area contributed by atoms with Crippen molar-refractivity contribution < 1.29 is 27.9 Å². The van der Waals surface area contributed by atoms with E-state index in [1.165, 1.54) is 49.7 Å². The first-order valence-electron chi connectivity index (χ1n) is 12.3. The van der Waals surface area contributed by atoms with Gasteiger partial charge in [-0.2, -0.15) is 0 Å². The molecule has 2 aromatic carbocycles. The molecule has 0 aromatic heterocycles. The van der Waals surface area contributed by atoms with Crippen molar-refractivity contribution >= 4 is 27.5 Å². The van der Waals surface area contributed by atoms with Crippen molar-refractivity contribution in [1.29, 1.82) is 0 Å². The van der Waals surface area contributed by atoms with Gasteiger partial charge in [-0.1, -0.05) is 18.6 Å². The van der Waals surface area contributed by atoms with E-state index < -0.39 is 27.8 Å². The van der Waals surface area contributed by atoms with Crippen molar-refractivity contribution in [3.05, 3.63) is 65.2 Å². The van der Waals surface area contributed by atoms with Gasteiger partial charge in [-0.15, -0.1) is 0 Å². The highest BCUT2D eigenvalue weighted by molar-refractivity contribution is 7.89. The van der Waals surface area contributed by atoms with Crippen LogP contribution in [-0.2, 0) is 19.6 Å². The Morgan fingerprint density at radius 2 is 1.59 bits per heavy atom. The molecule has 0 aliphatic carbocycles. The Morgan fingerprint density at radius 1 is 0.973 bits per heavy atom. The van der Waals surface area contributed by atoms with Crippen molar-refractivity contribution in [1.82, 2.24) is 14.1 Å². The van der Waals surface area contributed by atoms with Gasteiger partial charge < -0.3 is 19.6 Å². The fourth-order valence-electron chi connectivity index (χ4n) is 4.83. The molecule has 2 aliphatic heterocycles. The van der Waals surface area contributed by atoms with Crippen LogP contribution in [0.4, 0.5) is 0 Å². The number of amides is 1. The summed E-state index contributed by atoms with van der Waals surface area (Å²) in [5.41, 5.74) is 0.911. The number of methoxy groups -OCH3 is 1. The maximum Gasteiger partial charge on any atom is 0.295 e. The minimum atomic E-state index is -3.66. The van der Waals surface area contributed by atoms with Gasteiger partial charge in [0.2, 0.25) is 10.0 Å². The first kappa shape index (κ1) is 26.8. The zero-order chi connectivity index (χ0) is 26.7. The number of nitrogens with zero attached hydrogens (tertiary/aromatic N) is 3. The quantitative estimate of drug-likeness (QED) is 0.320. The number of rotatable bonds is 8. The summed E-state index contributed by atoms with van der Waals surface area (Å²) in [7, 11) is 0.768. The highest BCUT2D eigenvalue weighted by atomic mass is 32.2. The van der Waals surface area contributed by atoms with Crippen LogP contribution in [0.2, 0.25) is 0 Å². The number of aliphatic hydroxyl groups is 1. The number of sulfonamides is 1. The summed E-state index contributed by atoms with van der Waals surface area (Å²) in [6.07, 6.45) is 3.42. The number of benzene rings is 2. The third kappa shape index (κ3) is 5.41. The Labute approximate surface area is 218 Å².